The molecule has 0 radical (unpaired) electrons. The number of carbonyl (C=O) groups excluding carboxylic acids is 2. The van der Waals surface area contributed by atoms with E-state index in [0.717, 1.165) is 36.1 Å². The first-order chi connectivity index (χ1) is 11.6. The van der Waals surface area contributed by atoms with E-state index in [0.29, 0.717) is 25.8 Å². The summed E-state index contributed by atoms with van der Waals surface area (Å²) in [5.74, 6) is 0.417. The third kappa shape index (κ3) is 3.00. The van der Waals surface area contributed by atoms with E-state index >= 15 is 0 Å². The zero-order valence-corrected chi connectivity index (χ0v) is 14.0. The SMILES string of the molecule is CCc1nc2ccccc2n1CCC(=O)NC1(C(N)=O)CCCC1. The fourth-order valence-electron chi connectivity index (χ4n) is 3.60. The van der Waals surface area contributed by atoms with Crippen LogP contribution in [-0.2, 0) is 22.6 Å². The van der Waals surface area contributed by atoms with Crippen LogP contribution >= 0.6 is 0 Å². The van der Waals surface area contributed by atoms with Crippen molar-refractivity contribution in [3.8, 4) is 0 Å². The van der Waals surface area contributed by atoms with E-state index in [1.807, 2.05) is 24.3 Å². The molecule has 6 heteroatoms. The second-order valence-corrected chi connectivity index (χ2v) is 6.47. The topological polar surface area (TPSA) is 90.0 Å². The van der Waals surface area contributed by atoms with Gasteiger partial charge in [-0.1, -0.05) is 31.9 Å². The first-order valence-corrected chi connectivity index (χ1v) is 8.61. The maximum Gasteiger partial charge on any atom is 0.243 e. The molecular formula is C18H24N4O2. The van der Waals surface area contributed by atoms with Gasteiger partial charge in [0, 0.05) is 19.4 Å². The lowest BCUT2D eigenvalue weighted by molar-refractivity contribution is -0.131. The summed E-state index contributed by atoms with van der Waals surface area (Å²) in [5, 5.41) is 2.89. The van der Waals surface area contributed by atoms with Crippen LogP contribution in [0.5, 0.6) is 0 Å². The van der Waals surface area contributed by atoms with Crippen LogP contribution in [0.25, 0.3) is 11.0 Å². The predicted molar refractivity (Wildman–Crippen MR) is 92.3 cm³/mol. The van der Waals surface area contributed by atoms with Gasteiger partial charge in [-0.05, 0) is 25.0 Å². The largest absolute Gasteiger partial charge is 0.368 e. The maximum absolute atomic E-state index is 12.4. The minimum Gasteiger partial charge on any atom is -0.368 e. The monoisotopic (exact) mass is 328 g/mol. The fraction of sp³-hybridized carbons (Fsp3) is 0.500. The summed E-state index contributed by atoms with van der Waals surface area (Å²) in [6.45, 7) is 2.60. The number of nitrogens with two attached hydrogens (primary N) is 1. The standard InChI is InChI=1S/C18H24N4O2/c1-2-15-20-13-7-3-4-8-14(13)22(15)12-9-16(23)21-18(17(19)24)10-5-6-11-18/h3-4,7-8H,2,5-6,9-12H2,1H3,(H2,19,24)(H,21,23). The molecule has 0 spiro atoms. The summed E-state index contributed by atoms with van der Waals surface area (Å²) in [6.07, 6.45) is 4.25. The number of rotatable bonds is 6. The van der Waals surface area contributed by atoms with Gasteiger partial charge < -0.3 is 15.6 Å². The van der Waals surface area contributed by atoms with Gasteiger partial charge in [-0.2, -0.15) is 0 Å². The number of benzene rings is 1. The molecular weight excluding hydrogens is 304 g/mol. The molecule has 0 saturated heterocycles. The molecule has 1 saturated carbocycles. The number of nitrogens with zero attached hydrogens (tertiary/aromatic N) is 2. The zero-order chi connectivity index (χ0) is 17.2. The predicted octanol–water partition coefficient (Wildman–Crippen LogP) is 1.90. The van der Waals surface area contributed by atoms with E-state index in [-0.39, 0.29) is 5.91 Å². The Balaban J connectivity index is 1.72. The molecule has 1 aromatic heterocycles. The first kappa shape index (κ1) is 16.5. The van der Waals surface area contributed by atoms with Crippen molar-refractivity contribution in [3.05, 3.63) is 30.1 Å². The van der Waals surface area contributed by atoms with Gasteiger partial charge in [0.1, 0.15) is 11.4 Å². The summed E-state index contributed by atoms with van der Waals surface area (Å²) in [4.78, 5) is 28.8. The Morgan fingerprint density at radius 3 is 2.67 bits per heavy atom. The second kappa shape index (κ2) is 6.63. The highest BCUT2D eigenvalue weighted by Gasteiger charge is 2.40. The molecule has 1 fully saturated rings. The molecule has 3 N–H and O–H groups in total. The number of nitrogens with one attached hydrogen (secondary N) is 1. The van der Waals surface area contributed by atoms with Gasteiger partial charge in [-0.15, -0.1) is 0 Å². The Kier molecular flexibility index (Phi) is 4.55. The third-order valence-corrected chi connectivity index (χ3v) is 4.92. The Morgan fingerprint density at radius 2 is 2.00 bits per heavy atom. The molecule has 0 aliphatic heterocycles. The normalized spacial score (nSPS) is 16.4. The summed E-state index contributed by atoms with van der Waals surface area (Å²) in [7, 11) is 0. The highest BCUT2D eigenvalue weighted by Crippen LogP contribution is 2.29. The molecule has 24 heavy (non-hydrogen) atoms. The number of fused-ring (bicyclic) bond motifs is 1. The molecule has 0 bridgehead atoms. The van der Waals surface area contributed by atoms with E-state index in [2.05, 4.69) is 21.8 Å². The lowest BCUT2D eigenvalue weighted by atomic mass is 9.96. The van der Waals surface area contributed by atoms with Crippen molar-refractivity contribution in [3.63, 3.8) is 0 Å². The van der Waals surface area contributed by atoms with Crippen LogP contribution in [0.15, 0.2) is 24.3 Å². The fourth-order valence-corrected chi connectivity index (χ4v) is 3.60. The molecule has 3 rings (SSSR count). The van der Waals surface area contributed by atoms with Gasteiger partial charge in [0.2, 0.25) is 11.8 Å². The highest BCUT2D eigenvalue weighted by molar-refractivity contribution is 5.90. The van der Waals surface area contributed by atoms with Gasteiger partial charge in [0.25, 0.3) is 0 Å². The molecule has 128 valence electrons. The van der Waals surface area contributed by atoms with E-state index in [9.17, 15) is 9.59 Å². The number of primary amides is 1. The Morgan fingerprint density at radius 1 is 1.29 bits per heavy atom. The number of para-hydroxylation sites is 2. The number of imidazole rings is 1. The third-order valence-electron chi connectivity index (χ3n) is 4.92. The molecule has 1 heterocycles. The molecule has 0 atom stereocenters. The average molecular weight is 328 g/mol. The van der Waals surface area contributed by atoms with E-state index in [1.165, 1.54) is 0 Å². The van der Waals surface area contributed by atoms with Gasteiger partial charge in [-0.3, -0.25) is 9.59 Å². The van der Waals surface area contributed by atoms with E-state index < -0.39 is 11.4 Å². The van der Waals surface area contributed by atoms with Crippen LogP contribution < -0.4 is 11.1 Å². The zero-order valence-electron chi connectivity index (χ0n) is 14.0. The Hall–Kier alpha value is -2.37. The summed E-state index contributed by atoms with van der Waals surface area (Å²) in [5.41, 5.74) is 6.66. The first-order valence-electron chi connectivity index (χ1n) is 8.61. The van der Waals surface area contributed by atoms with Crippen LogP contribution in [-0.4, -0.2) is 26.9 Å². The smallest absolute Gasteiger partial charge is 0.243 e. The van der Waals surface area contributed by atoms with Crippen molar-refractivity contribution in [1.82, 2.24) is 14.9 Å². The maximum atomic E-state index is 12.4. The van der Waals surface area contributed by atoms with Crippen molar-refractivity contribution < 1.29 is 9.59 Å². The molecule has 1 aromatic carbocycles. The quantitative estimate of drug-likeness (QED) is 0.848. The van der Waals surface area contributed by atoms with Crippen LogP contribution in [0.4, 0.5) is 0 Å². The van der Waals surface area contributed by atoms with E-state index in [1.54, 1.807) is 0 Å². The van der Waals surface area contributed by atoms with Gasteiger partial charge in [0.05, 0.1) is 11.0 Å². The van der Waals surface area contributed by atoms with Crippen molar-refractivity contribution in [2.24, 2.45) is 5.73 Å². The lowest BCUT2D eigenvalue weighted by Crippen LogP contribution is -2.55. The lowest BCUT2D eigenvalue weighted by Gasteiger charge is -2.26. The van der Waals surface area contributed by atoms with Crippen LogP contribution in [0.1, 0.15) is 44.9 Å². The summed E-state index contributed by atoms with van der Waals surface area (Å²) < 4.78 is 2.08. The van der Waals surface area contributed by atoms with Crippen molar-refractivity contribution in [2.45, 2.75) is 57.5 Å². The number of hydrogen-bond acceptors (Lipinski definition) is 3. The van der Waals surface area contributed by atoms with Crippen LogP contribution in [0, 0.1) is 0 Å². The minimum absolute atomic E-state index is 0.129. The van der Waals surface area contributed by atoms with Crippen molar-refractivity contribution in [1.29, 1.82) is 0 Å². The molecule has 2 aromatic rings. The van der Waals surface area contributed by atoms with E-state index in [4.69, 9.17) is 5.73 Å². The molecule has 1 aliphatic carbocycles. The van der Waals surface area contributed by atoms with Crippen LogP contribution in [0.3, 0.4) is 0 Å². The highest BCUT2D eigenvalue weighted by atomic mass is 16.2. The molecule has 0 unspecified atom stereocenters. The Labute approximate surface area is 141 Å². The second-order valence-electron chi connectivity index (χ2n) is 6.47. The number of amides is 2. The molecule has 6 nitrogen and oxygen atoms in total. The summed E-state index contributed by atoms with van der Waals surface area (Å²) in [6, 6.07) is 7.93. The van der Waals surface area contributed by atoms with Gasteiger partial charge in [-0.25, -0.2) is 4.98 Å². The van der Waals surface area contributed by atoms with Crippen LogP contribution in [0.2, 0.25) is 0 Å². The number of aromatic nitrogens is 2. The number of aryl methyl sites for hydroxylation is 2. The van der Waals surface area contributed by atoms with Crippen molar-refractivity contribution >= 4 is 22.8 Å². The van der Waals surface area contributed by atoms with Crippen molar-refractivity contribution in [2.75, 3.05) is 0 Å². The van der Waals surface area contributed by atoms with Gasteiger partial charge >= 0.3 is 0 Å². The minimum atomic E-state index is -0.846. The van der Waals surface area contributed by atoms with Gasteiger partial charge in [0.15, 0.2) is 0 Å². The molecule has 2 amide bonds. The number of hydrogen-bond donors (Lipinski definition) is 2. The molecule has 1 aliphatic rings. The Bertz CT molecular complexity index is 759. The number of carbonyl (C=O) groups is 2. The average Bonchev–Trinajstić information content (AvgIpc) is 3.18. The summed E-state index contributed by atoms with van der Waals surface area (Å²) >= 11 is 0.